The summed E-state index contributed by atoms with van der Waals surface area (Å²) >= 11 is 5.97. The fourth-order valence-corrected chi connectivity index (χ4v) is 1.76. The Hall–Kier alpha value is -0.960. The quantitative estimate of drug-likeness (QED) is 0.808. The average molecular weight is 212 g/mol. The summed E-state index contributed by atoms with van der Waals surface area (Å²) < 4.78 is 0. The predicted molar refractivity (Wildman–Crippen MR) is 59.5 cm³/mol. The van der Waals surface area contributed by atoms with Crippen LogP contribution >= 0.6 is 11.6 Å². The highest BCUT2D eigenvalue weighted by molar-refractivity contribution is 6.33. The van der Waals surface area contributed by atoms with E-state index in [1.165, 1.54) is 19.3 Å². The minimum atomic E-state index is 0.601. The number of pyridine rings is 1. The Bertz CT molecular complexity index is 323. The molecule has 1 saturated carbocycles. The maximum atomic E-state index is 5.97. The summed E-state index contributed by atoms with van der Waals surface area (Å²) in [6, 6.07) is 1.72. The van der Waals surface area contributed by atoms with E-state index in [1.54, 1.807) is 12.3 Å². The van der Waals surface area contributed by atoms with Gasteiger partial charge < -0.3 is 11.1 Å². The first kappa shape index (κ1) is 9.59. The van der Waals surface area contributed by atoms with Crippen molar-refractivity contribution >= 4 is 23.1 Å². The first-order chi connectivity index (χ1) is 6.75. The molecule has 0 saturated heterocycles. The van der Waals surface area contributed by atoms with Crippen LogP contribution in [0.25, 0.3) is 0 Å². The lowest BCUT2D eigenvalue weighted by Gasteiger charge is -2.25. The van der Waals surface area contributed by atoms with E-state index < -0.39 is 0 Å². The van der Waals surface area contributed by atoms with Gasteiger partial charge in [-0.3, -0.25) is 0 Å². The summed E-state index contributed by atoms with van der Waals surface area (Å²) in [5.74, 6) is 1.54. The molecule has 0 radical (unpaired) electrons. The van der Waals surface area contributed by atoms with Gasteiger partial charge in [0.15, 0.2) is 0 Å². The molecule has 0 amide bonds. The Morgan fingerprint density at radius 1 is 1.57 bits per heavy atom. The van der Waals surface area contributed by atoms with Crippen LogP contribution < -0.4 is 11.1 Å². The molecular formula is C10H14ClN3. The number of hydrogen-bond acceptors (Lipinski definition) is 3. The van der Waals surface area contributed by atoms with E-state index in [0.29, 0.717) is 10.7 Å². The zero-order chi connectivity index (χ0) is 9.97. The largest absolute Gasteiger partial charge is 0.397 e. The first-order valence-electron chi connectivity index (χ1n) is 4.90. The summed E-state index contributed by atoms with van der Waals surface area (Å²) in [4.78, 5) is 4.14. The van der Waals surface area contributed by atoms with Crippen molar-refractivity contribution in [2.24, 2.45) is 5.92 Å². The van der Waals surface area contributed by atoms with E-state index in [9.17, 15) is 0 Å². The first-order valence-corrected chi connectivity index (χ1v) is 5.28. The fourth-order valence-electron chi connectivity index (χ4n) is 1.52. The van der Waals surface area contributed by atoms with Crippen LogP contribution in [0.1, 0.15) is 19.3 Å². The lowest BCUT2D eigenvalue weighted by Crippen LogP contribution is -2.21. The molecular weight excluding hydrogens is 198 g/mol. The summed E-state index contributed by atoms with van der Waals surface area (Å²) in [5, 5.41) is 3.84. The highest BCUT2D eigenvalue weighted by Gasteiger charge is 2.17. The van der Waals surface area contributed by atoms with Crippen molar-refractivity contribution in [3.8, 4) is 0 Å². The molecule has 1 aliphatic carbocycles. The third-order valence-electron chi connectivity index (χ3n) is 2.65. The summed E-state index contributed by atoms with van der Waals surface area (Å²) in [6.07, 6.45) is 5.61. The van der Waals surface area contributed by atoms with E-state index in [0.717, 1.165) is 18.3 Å². The number of rotatable bonds is 3. The van der Waals surface area contributed by atoms with Crippen LogP contribution in [0.15, 0.2) is 12.3 Å². The van der Waals surface area contributed by atoms with Gasteiger partial charge in [-0.1, -0.05) is 18.0 Å². The van der Waals surface area contributed by atoms with E-state index in [1.807, 2.05) is 0 Å². The number of aromatic nitrogens is 1. The predicted octanol–water partition coefficient (Wildman–Crippen LogP) is 2.53. The molecule has 0 bridgehead atoms. The van der Waals surface area contributed by atoms with E-state index in [4.69, 9.17) is 17.3 Å². The van der Waals surface area contributed by atoms with Gasteiger partial charge in [-0.2, -0.15) is 0 Å². The molecule has 2 rings (SSSR count). The van der Waals surface area contributed by atoms with Gasteiger partial charge in [0, 0.05) is 6.54 Å². The van der Waals surface area contributed by atoms with Crippen molar-refractivity contribution in [1.29, 1.82) is 0 Å². The molecule has 76 valence electrons. The van der Waals surface area contributed by atoms with Crippen LogP contribution in [-0.2, 0) is 0 Å². The van der Waals surface area contributed by atoms with E-state index in [-0.39, 0.29) is 0 Å². The molecule has 1 fully saturated rings. The lowest BCUT2D eigenvalue weighted by atomic mass is 9.85. The standard InChI is InChI=1S/C10H14ClN3/c11-9-4-8(12)6-14-10(9)13-5-7-2-1-3-7/h4,6-7H,1-3,5,12H2,(H,13,14). The van der Waals surface area contributed by atoms with Crippen molar-refractivity contribution in [1.82, 2.24) is 4.98 Å². The SMILES string of the molecule is Nc1cnc(NCC2CCC2)c(Cl)c1. The maximum Gasteiger partial charge on any atom is 0.144 e. The Kier molecular flexibility index (Phi) is 2.77. The second-order valence-corrected chi connectivity index (χ2v) is 4.18. The van der Waals surface area contributed by atoms with Gasteiger partial charge in [-0.05, 0) is 24.8 Å². The van der Waals surface area contributed by atoms with Gasteiger partial charge in [0.2, 0.25) is 0 Å². The topological polar surface area (TPSA) is 50.9 Å². The normalized spacial score (nSPS) is 16.4. The molecule has 1 aromatic heterocycles. The molecule has 1 aromatic rings. The Labute approximate surface area is 88.7 Å². The number of nitrogens with two attached hydrogens (primary N) is 1. The number of hydrogen-bond donors (Lipinski definition) is 2. The number of nitrogen functional groups attached to an aromatic ring is 1. The molecule has 0 atom stereocenters. The zero-order valence-electron chi connectivity index (χ0n) is 7.96. The summed E-state index contributed by atoms with van der Waals surface area (Å²) in [6.45, 7) is 0.969. The number of nitrogens with zero attached hydrogens (tertiary/aromatic N) is 1. The fraction of sp³-hybridized carbons (Fsp3) is 0.500. The van der Waals surface area contributed by atoms with Crippen LogP contribution in [-0.4, -0.2) is 11.5 Å². The number of anilines is 2. The van der Waals surface area contributed by atoms with Gasteiger partial charge in [0.05, 0.1) is 16.9 Å². The Morgan fingerprint density at radius 3 is 2.93 bits per heavy atom. The monoisotopic (exact) mass is 211 g/mol. The summed E-state index contributed by atoms with van der Waals surface area (Å²) in [7, 11) is 0. The Morgan fingerprint density at radius 2 is 2.36 bits per heavy atom. The maximum absolute atomic E-state index is 5.97. The minimum absolute atomic E-state index is 0.601. The van der Waals surface area contributed by atoms with E-state index in [2.05, 4.69) is 10.3 Å². The highest BCUT2D eigenvalue weighted by Crippen LogP contribution is 2.27. The molecule has 4 heteroatoms. The molecule has 14 heavy (non-hydrogen) atoms. The highest BCUT2D eigenvalue weighted by atomic mass is 35.5. The molecule has 3 nitrogen and oxygen atoms in total. The van der Waals surface area contributed by atoms with Crippen molar-refractivity contribution in [3.63, 3.8) is 0 Å². The molecule has 0 unspecified atom stereocenters. The van der Waals surface area contributed by atoms with Gasteiger partial charge in [0.1, 0.15) is 5.82 Å². The molecule has 1 heterocycles. The van der Waals surface area contributed by atoms with Crippen LogP contribution in [0.5, 0.6) is 0 Å². The second-order valence-electron chi connectivity index (χ2n) is 3.78. The van der Waals surface area contributed by atoms with Gasteiger partial charge in [-0.15, -0.1) is 0 Å². The smallest absolute Gasteiger partial charge is 0.144 e. The summed E-state index contributed by atoms with van der Waals surface area (Å²) in [5.41, 5.74) is 6.15. The number of halogens is 1. The third kappa shape index (κ3) is 2.10. The third-order valence-corrected chi connectivity index (χ3v) is 2.93. The molecule has 1 aliphatic rings. The zero-order valence-corrected chi connectivity index (χ0v) is 8.72. The van der Waals surface area contributed by atoms with Crippen LogP contribution in [0.2, 0.25) is 5.02 Å². The average Bonchev–Trinajstić information content (AvgIpc) is 2.05. The molecule has 0 spiro atoms. The van der Waals surface area contributed by atoms with Crippen LogP contribution in [0.4, 0.5) is 11.5 Å². The number of nitrogens with one attached hydrogen (secondary N) is 1. The molecule has 3 N–H and O–H groups in total. The van der Waals surface area contributed by atoms with Crippen molar-refractivity contribution in [2.45, 2.75) is 19.3 Å². The van der Waals surface area contributed by atoms with Crippen LogP contribution in [0, 0.1) is 5.92 Å². The van der Waals surface area contributed by atoms with Gasteiger partial charge in [0.25, 0.3) is 0 Å². The minimum Gasteiger partial charge on any atom is -0.397 e. The van der Waals surface area contributed by atoms with E-state index >= 15 is 0 Å². The van der Waals surface area contributed by atoms with Crippen molar-refractivity contribution in [3.05, 3.63) is 17.3 Å². The second kappa shape index (κ2) is 4.05. The van der Waals surface area contributed by atoms with Crippen molar-refractivity contribution in [2.75, 3.05) is 17.6 Å². The van der Waals surface area contributed by atoms with Gasteiger partial charge in [-0.25, -0.2) is 4.98 Å². The molecule has 0 aromatic carbocycles. The lowest BCUT2D eigenvalue weighted by molar-refractivity contribution is 0.333. The van der Waals surface area contributed by atoms with Crippen molar-refractivity contribution < 1.29 is 0 Å². The molecule has 0 aliphatic heterocycles. The van der Waals surface area contributed by atoms with Crippen LogP contribution in [0.3, 0.4) is 0 Å². The Balaban J connectivity index is 1.94. The van der Waals surface area contributed by atoms with Gasteiger partial charge >= 0.3 is 0 Å².